The quantitative estimate of drug-likeness (QED) is 0.850. The lowest BCUT2D eigenvalue weighted by molar-refractivity contribution is -0.138. The zero-order chi connectivity index (χ0) is 17.9. The Kier molecular flexibility index (Phi) is 5.48. The van der Waals surface area contributed by atoms with Gasteiger partial charge < -0.3 is 9.88 Å². The number of carbonyl (C=O) groups is 1. The Morgan fingerprint density at radius 2 is 1.83 bits per heavy atom. The van der Waals surface area contributed by atoms with Crippen LogP contribution in [0.1, 0.15) is 24.1 Å². The van der Waals surface area contributed by atoms with Gasteiger partial charge in [0.1, 0.15) is 6.54 Å². The molecule has 1 aromatic heterocycles. The van der Waals surface area contributed by atoms with E-state index < -0.39 is 29.8 Å². The minimum Gasteiger partial charge on any atom is -0.348 e. The average Bonchev–Trinajstić information content (AvgIpc) is 2.48. The van der Waals surface area contributed by atoms with Crippen LogP contribution in [0.2, 0.25) is 0 Å². The van der Waals surface area contributed by atoms with Crippen molar-refractivity contribution < 1.29 is 18.0 Å². The molecule has 2 aromatic rings. The van der Waals surface area contributed by atoms with Gasteiger partial charge in [-0.25, -0.2) is 0 Å². The van der Waals surface area contributed by atoms with E-state index in [9.17, 15) is 22.8 Å². The largest absolute Gasteiger partial charge is 0.417 e. The summed E-state index contributed by atoms with van der Waals surface area (Å²) in [4.78, 5) is 23.7. The molecule has 2 rings (SSSR count). The highest BCUT2D eigenvalue weighted by Gasteiger charge is 2.31. The maximum atomic E-state index is 12.7. The van der Waals surface area contributed by atoms with E-state index in [0.29, 0.717) is 12.3 Å². The molecule has 128 valence electrons. The number of carbonyl (C=O) groups excluding carboxylic acids is 1. The number of pyridine rings is 1. The van der Waals surface area contributed by atoms with Gasteiger partial charge in [0.2, 0.25) is 5.91 Å². The molecule has 1 heterocycles. The Hall–Kier alpha value is -2.09. The van der Waals surface area contributed by atoms with Gasteiger partial charge in [0.15, 0.2) is 0 Å². The molecule has 0 aliphatic rings. The van der Waals surface area contributed by atoms with Crippen molar-refractivity contribution in [3.05, 3.63) is 68.5 Å². The van der Waals surface area contributed by atoms with Gasteiger partial charge in [-0.2, -0.15) is 13.2 Å². The number of halogens is 4. The van der Waals surface area contributed by atoms with E-state index in [1.807, 2.05) is 24.3 Å². The molecule has 1 aromatic carbocycles. The second-order valence-electron chi connectivity index (χ2n) is 5.22. The third kappa shape index (κ3) is 4.70. The van der Waals surface area contributed by atoms with E-state index in [1.54, 1.807) is 6.92 Å². The third-order valence-corrected chi connectivity index (χ3v) is 3.90. The van der Waals surface area contributed by atoms with Crippen LogP contribution in [0.3, 0.4) is 0 Å². The number of hydrogen-bond donors (Lipinski definition) is 1. The fourth-order valence-electron chi connectivity index (χ4n) is 2.10. The Bertz CT molecular complexity index is 785. The zero-order valence-corrected chi connectivity index (χ0v) is 14.2. The maximum Gasteiger partial charge on any atom is 0.417 e. The van der Waals surface area contributed by atoms with Crippen LogP contribution in [0.15, 0.2) is 51.9 Å². The maximum absolute atomic E-state index is 12.7. The summed E-state index contributed by atoms with van der Waals surface area (Å²) in [7, 11) is 0. The Balaban J connectivity index is 2.09. The zero-order valence-electron chi connectivity index (χ0n) is 12.6. The van der Waals surface area contributed by atoms with Crippen LogP contribution in [-0.2, 0) is 17.5 Å². The minimum atomic E-state index is -4.57. The molecular weight excluding hydrogens is 389 g/mol. The van der Waals surface area contributed by atoms with Crippen molar-refractivity contribution in [1.29, 1.82) is 0 Å². The first-order chi connectivity index (χ1) is 11.2. The first kappa shape index (κ1) is 18.3. The first-order valence-electron chi connectivity index (χ1n) is 6.99. The Morgan fingerprint density at radius 1 is 1.21 bits per heavy atom. The summed E-state index contributed by atoms with van der Waals surface area (Å²) in [6, 6.07) is 8.41. The minimum absolute atomic E-state index is 0.341. The third-order valence-electron chi connectivity index (χ3n) is 3.37. The van der Waals surface area contributed by atoms with Gasteiger partial charge in [0.25, 0.3) is 5.56 Å². The van der Waals surface area contributed by atoms with Crippen molar-refractivity contribution in [1.82, 2.24) is 9.88 Å². The molecule has 0 aliphatic carbocycles. The van der Waals surface area contributed by atoms with E-state index >= 15 is 0 Å². The Labute approximate surface area is 144 Å². The van der Waals surface area contributed by atoms with Gasteiger partial charge in [-0.3, -0.25) is 9.59 Å². The molecule has 1 amide bonds. The van der Waals surface area contributed by atoms with Gasteiger partial charge in [0.05, 0.1) is 11.6 Å². The topological polar surface area (TPSA) is 51.1 Å². The van der Waals surface area contributed by atoms with E-state index in [-0.39, 0.29) is 6.04 Å². The monoisotopic (exact) mass is 402 g/mol. The molecule has 0 fully saturated rings. The summed E-state index contributed by atoms with van der Waals surface area (Å²) >= 11 is 3.30. The summed E-state index contributed by atoms with van der Waals surface area (Å²) in [5, 5.41) is 2.65. The van der Waals surface area contributed by atoms with E-state index in [2.05, 4.69) is 21.2 Å². The molecule has 0 saturated heterocycles. The van der Waals surface area contributed by atoms with Crippen molar-refractivity contribution in [3.8, 4) is 0 Å². The summed E-state index contributed by atoms with van der Waals surface area (Å²) in [5.41, 5.74) is -0.812. The first-order valence-corrected chi connectivity index (χ1v) is 7.78. The van der Waals surface area contributed by atoms with Crippen LogP contribution in [0.5, 0.6) is 0 Å². The molecule has 0 aliphatic heterocycles. The molecule has 0 radical (unpaired) electrons. The lowest BCUT2D eigenvalue weighted by Gasteiger charge is -2.16. The molecule has 0 bridgehead atoms. The molecule has 8 heteroatoms. The van der Waals surface area contributed by atoms with Crippen molar-refractivity contribution in [2.24, 2.45) is 0 Å². The fourth-order valence-corrected chi connectivity index (χ4v) is 2.36. The molecule has 0 spiro atoms. The van der Waals surface area contributed by atoms with Crippen LogP contribution in [0.4, 0.5) is 13.2 Å². The molecule has 1 atom stereocenters. The van der Waals surface area contributed by atoms with E-state index in [4.69, 9.17) is 0 Å². The second kappa shape index (κ2) is 7.21. The van der Waals surface area contributed by atoms with Crippen LogP contribution >= 0.6 is 15.9 Å². The number of hydrogen-bond acceptors (Lipinski definition) is 2. The SMILES string of the molecule is CC(NC(=O)Cn1cc(C(F)(F)F)ccc1=O)c1ccc(Br)cc1. The molecular formula is C16H14BrF3N2O2. The van der Waals surface area contributed by atoms with Gasteiger partial charge in [-0.15, -0.1) is 0 Å². The van der Waals surface area contributed by atoms with Crippen LogP contribution in [-0.4, -0.2) is 10.5 Å². The van der Waals surface area contributed by atoms with Gasteiger partial charge in [0, 0.05) is 16.7 Å². The number of alkyl halides is 3. The fraction of sp³-hybridized carbons (Fsp3) is 0.250. The second-order valence-corrected chi connectivity index (χ2v) is 6.14. The van der Waals surface area contributed by atoms with Crippen molar-refractivity contribution >= 4 is 21.8 Å². The lowest BCUT2D eigenvalue weighted by atomic mass is 10.1. The highest BCUT2D eigenvalue weighted by Crippen LogP contribution is 2.28. The summed E-state index contributed by atoms with van der Waals surface area (Å²) in [5.74, 6) is -0.549. The van der Waals surface area contributed by atoms with Crippen molar-refractivity contribution in [2.45, 2.75) is 25.7 Å². The van der Waals surface area contributed by atoms with E-state index in [0.717, 1.165) is 20.7 Å². The van der Waals surface area contributed by atoms with Crippen molar-refractivity contribution in [3.63, 3.8) is 0 Å². The molecule has 4 nitrogen and oxygen atoms in total. The lowest BCUT2D eigenvalue weighted by Crippen LogP contribution is -2.34. The summed E-state index contributed by atoms with van der Waals surface area (Å²) in [6.45, 7) is 1.26. The number of benzene rings is 1. The number of nitrogens with zero attached hydrogens (tertiary/aromatic N) is 1. The molecule has 1 N–H and O–H groups in total. The summed E-state index contributed by atoms with van der Waals surface area (Å²) < 4.78 is 39.7. The molecule has 0 saturated carbocycles. The number of amides is 1. The predicted molar refractivity (Wildman–Crippen MR) is 86.4 cm³/mol. The van der Waals surface area contributed by atoms with Gasteiger partial charge in [-0.05, 0) is 30.7 Å². The average molecular weight is 403 g/mol. The van der Waals surface area contributed by atoms with Crippen LogP contribution in [0, 0.1) is 0 Å². The van der Waals surface area contributed by atoms with Crippen LogP contribution < -0.4 is 10.9 Å². The predicted octanol–water partition coefficient (Wildman–Crippen LogP) is 3.51. The van der Waals surface area contributed by atoms with E-state index in [1.165, 1.54) is 0 Å². The van der Waals surface area contributed by atoms with Gasteiger partial charge in [-0.1, -0.05) is 28.1 Å². The normalized spacial score (nSPS) is 12.7. The molecule has 1 unspecified atom stereocenters. The number of rotatable bonds is 4. The highest BCUT2D eigenvalue weighted by atomic mass is 79.9. The number of aromatic nitrogens is 1. The summed E-state index contributed by atoms with van der Waals surface area (Å²) in [6.07, 6.45) is -3.93. The number of nitrogens with one attached hydrogen (secondary N) is 1. The van der Waals surface area contributed by atoms with Crippen LogP contribution in [0.25, 0.3) is 0 Å². The Morgan fingerprint density at radius 3 is 2.42 bits per heavy atom. The molecule has 24 heavy (non-hydrogen) atoms. The smallest absolute Gasteiger partial charge is 0.348 e. The highest BCUT2D eigenvalue weighted by molar-refractivity contribution is 9.10. The van der Waals surface area contributed by atoms with Crippen molar-refractivity contribution in [2.75, 3.05) is 0 Å². The van der Waals surface area contributed by atoms with Gasteiger partial charge >= 0.3 is 6.18 Å². The standard InChI is InChI=1S/C16H14BrF3N2O2/c1-10(11-2-5-13(17)6-3-11)21-14(23)9-22-8-12(16(18,19)20)4-7-15(22)24/h2-8,10H,9H2,1H3,(H,21,23).